The topological polar surface area (TPSA) is 29.5 Å². The standard InChI is InChI=1S/C15H12ClFO2/c16-10-4-5-14-12(7-10)13(18)8-15(19-14)9-2-1-3-11(17)6-9/h1-7,13,15,18H,8H2/t13-,15?/m0/s1. The Morgan fingerprint density at radius 3 is 2.84 bits per heavy atom. The highest BCUT2D eigenvalue weighted by Gasteiger charge is 2.28. The summed E-state index contributed by atoms with van der Waals surface area (Å²) in [4.78, 5) is 0. The maximum atomic E-state index is 13.2. The van der Waals surface area contributed by atoms with Crippen molar-refractivity contribution in [1.29, 1.82) is 0 Å². The van der Waals surface area contributed by atoms with Crippen LogP contribution in [-0.2, 0) is 0 Å². The van der Waals surface area contributed by atoms with E-state index in [1.807, 2.05) is 0 Å². The zero-order valence-electron chi connectivity index (χ0n) is 10.0. The third-order valence-electron chi connectivity index (χ3n) is 3.26. The molecule has 0 bridgehead atoms. The fourth-order valence-corrected chi connectivity index (χ4v) is 2.51. The molecule has 1 aliphatic heterocycles. The van der Waals surface area contributed by atoms with E-state index in [9.17, 15) is 9.50 Å². The highest BCUT2D eigenvalue weighted by atomic mass is 35.5. The number of fused-ring (bicyclic) bond motifs is 1. The molecule has 4 heteroatoms. The number of benzene rings is 2. The predicted octanol–water partition coefficient (Wildman–Crippen LogP) is 4.04. The SMILES string of the molecule is O[C@H]1CC(c2cccc(F)c2)Oc2ccc(Cl)cc21. The molecule has 1 heterocycles. The average Bonchev–Trinajstić information content (AvgIpc) is 2.39. The number of hydrogen-bond acceptors (Lipinski definition) is 2. The average molecular weight is 279 g/mol. The van der Waals surface area contributed by atoms with Crippen LogP contribution in [0.4, 0.5) is 4.39 Å². The van der Waals surface area contributed by atoms with Crippen LogP contribution < -0.4 is 4.74 Å². The van der Waals surface area contributed by atoms with Gasteiger partial charge in [-0.15, -0.1) is 0 Å². The van der Waals surface area contributed by atoms with Crippen molar-refractivity contribution in [2.75, 3.05) is 0 Å². The van der Waals surface area contributed by atoms with E-state index < -0.39 is 6.10 Å². The molecule has 19 heavy (non-hydrogen) atoms. The lowest BCUT2D eigenvalue weighted by atomic mass is 9.95. The molecule has 0 saturated heterocycles. The van der Waals surface area contributed by atoms with Gasteiger partial charge in [-0.25, -0.2) is 4.39 Å². The molecule has 2 aromatic carbocycles. The molecule has 1 aliphatic rings. The molecule has 1 unspecified atom stereocenters. The van der Waals surface area contributed by atoms with Gasteiger partial charge in [-0.1, -0.05) is 23.7 Å². The lowest BCUT2D eigenvalue weighted by Crippen LogP contribution is -2.19. The van der Waals surface area contributed by atoms with Crippen molar-refractivity contribution in [3.63, 3.8) is 0 Å². The van der Waals surface area contributed by atoms with Crippen molar-refractivity contribution in [1.82, 2.24) is 0 Å². The number of halogens is 2. The first-order valence-electron chi connectivity index (χ1n) is 6.03. The number of hydrogen-bond donors (Lipinski definition) is 1. The van der Waals surface area contributed by atoms with E-state index in [4.69, 9.17) is 16.3 Å². The predicted molar refractivity (Wildman–Crippen MR) is 70.8 cm³/mol. The van der Waals surface area contributed by atoms with Gasteiger partial charge in [0.15, 0.2) is 0 Å². The van der Waals surface area contributed by atoms with Crippen LogP contribution in [0.5, 0.6) is 5.75 Å². The molecule has 0 spiro atoms. The summed E-state index contributed by atoms with van der Waals surface area (Å²) in [6.07, 6.45) is -0.619. The lowest BCUT2D eigenvalue weighted by Gasteiger charge is -2.30. The van der Waals surface area contributed by atoms with Crippen molar-refractivity contribution in [2.24, 2.45) is 0 Å². The minimum absolute atomic E-state index is 0.308. The first-order chi connectivity index (χ1) is 9.13. The number of aliphatic hydroxyl groups excluding tert-OH is 1. The van der Waals surface area contributed by atoms with Gasteiger partial charge in [-0.05, 0) is 35.9 Å². The summed E-state index contributed by atoms with van der Waals surface area (Å²) in [6, 6.07) is 11.4. The van der Waals surface area contributed by atoms with Crippen LogP contribution in [-0.4, -0.2) is 5.11 Å². The van der Waals surface area contributed by atoms with Crippen LogP contribution in [0.1, 0.15) is 29.8 Å². The molecule has 2 atom stereocenters. The van der Waals surface area contributed by atoms with Crippen molar-refractivity contribution < 1.29 is 14.2 Å². The second-order valence-corrected chi connectivity index (χ2v) is 5.03. The van der Waals surface area contributed by atoms with Gasteiger partial charge in [0.25, 0.3) is 0 Å². The number of ether oxygens (including phenoxy) is 1. The minimum Gasteiger partial charge on any atom is -0.485 e. The van der Waals surface area contributed by atoms with E-state index in [1.54, 1.807) is 30.3 Å². The van der Waals surface area contributed by atoms with E-state index in [0.29, 0.717) is 22.8 Å². The van der Waals surface area contributed by atoms with Crippen LogP contribution in [0.25, 0.3) is 0 Å². The first-order valence-corrected chi connectivity index (χ1v) is 6.41. The van der Waals surface area contributed by atoms with Gasteiger partial charge < -0.3 is 9.84 Å². The Morgan fingerprint density at radius 1 is 1.21 bits per heavy atom. The molecule has 0 aliphatic carbocycles. The molecule has 0 fully saturated rings. The summed E-state index contributed by atoms with van der Waals surface area (Å²) in [5.41, 5.74) is 1.40. The molecule has 0 saturated carbocycles. The molecular weight excluding hydrogens is 267 g/mol. The molecule has 98 valence electrons. The Kier molecular flexibility index (Phi) is 3.17. The van der Waals surface area contributed by atoms with Gasteiger partial charge in [0.1, 0.15) is 17.7 Å². The Balaban J connectivity index is 1.95. The third-order valence-corrected chi connectivity index (χ3v) is 3.49. The zero-order chi connectivity index (χ0) is 13.4. The Labute approximate surface area is 115 Å². The Bertz CT molecular complexity index is 615. The minimum atomic E-state index is -0.657. The van der Waals surface area contributed by atoms with E-state index in [1.165, 1.54) is 12.1 Å². The second-order valence-electron chi connectivity index (χ2n) is 4.60. The summed E-state index contributed by atoms with van der Waals surface area (Å²) in [5.74, 6) is 0.287. The fourth-order valence-electron chi connectivity index (χ4n) is 2.33. The van der Waals surface area contributed by atoms with Gasteiger partial charge in [-0.3, -0.25) is 0 Å². The van der Waals surface area contributed by atoms with Crippen LogP contribution in [0.3, 0.4) is 0 Å². The van der Waals surface area contributed by atoms with Gasteiger partial charge in [0.2, 0.25) is 0 Å². The van der Waals surface area contributed by atoms with E-state index in [0.717, 1.165) is 5.56 Å². The quantitative estimate of drug-likeness (QED) is 0.853. The molecule has 2 aromatic rings. The Morgan fingerprint density at radius 2 is 2.05 bits per heavy atom. The molecule has 2 nitrogen and oxygen atoms in total. The van der Waals surface area contributed by atoms with E-state index in [-0.39, 0.29) is 11.9 Å². The Hall–Kier alpha value is -1.58. The highest BCUT2D eigenvalue weighted by molar-refractivity contribution is 6.30. The molecule has 0 amide bonds. The smallest absolute Gasteiger partial charge is 0.127 e. The van der Waals surface area contributed by atoms with Crippen LogP contribution >= 0.6 is 11.6 Å². The van der Waals surface area contributed by atoms with Gasteiger partial charge in [-0.2, -0.15) is 0 Å². The summed E-state index contributed by atoms with van der Waals surface area (Å²) in [7, 11) is 0. The summed E-state index contributed by atoms with van der Waals surface area (Å²) >= 11 is 5.90. The van der Waals surface area contributed by atoms with Crippen molar-refractivity contribution in [3.8, 4) is 5.75 Å². The van der Waals surface area contributed by atoms with Crippen LogP contribution in [0, 0.1) is 5.82 Å². The summed E-state index contributed by atoms with van der Waals surface area (Å²) in [5, 5.41) is 10.7. The van der Waals surface area contributed by atoms with Crippen LogP contribution in [0.15, 0.2) is 42.5 Å². The summed E-state index contributed by atoms with van der Waals surface area (Å²) < 4.78 is 19.0. The molecule has 1 N–H and O–H groups in total. The molecule has 0 radical (unpaired) electrons. The van der Waals surface area contributed by atoms with Gasteiger partial charge in [0, 0.05) is 17.0 Å². The maximum absolute atomic E-state index is 13.2. The number of rotatable bonds is 1. The van der Waals surface area contributed by atoms with Gasteiger partial charge in [0.05, 0.1) is 6.10 Å². The number of aliphatic hydroxyl groups is 1. The fraction of sp³-hybridized carbons (Fsp3) is 0.200. The van der Waals surface area contributed by atoms with Crippen molar-refractivity contribution in [3.05, 3.63) is 64.4 Å². The normalized spacial score (nSPS) is 21.6. The van der Waals surface area contributed by atoms with Crippen molar-refractivity contribution in [2.45, 2.75) is 18.6 Å². The zero-order valence-corrected chi connectivity index (χ0v) is 10.8. The van der Waals surface area contributed by atoms with Crippen molar-refractivity contribution >= 4 is 11.6 Å². The first kappa shape index (κ1) is 12.5. The monoisotopic (exact) mass is 278 g/mol. The van der Waals surface area contributed by atoms with Crippen LogP contribution in [0.2, 0.25) is 5.02 Å². The third kappa shape index (κ3) is 2.44. The summed E-state index contributed by atoms with van der Waals surface area (Å²) in [6.45, 7) is 0. The van der Waals surface area contributed by atoms with E-state index in [2.05, 4.69) is 0 Å². The maximum Gasteiger partial charge on any atom is 0.127 e. The second kappa shape index (κ2) is 4.83. The van der Waals surface area contributed by atoms with E-state index >= 15 is 0 Å². The molecule has 0 aromatic heterocycles. The van der Waals surface area contributed by atoms with Gasteiger partial charge >= 0.3 is 0 Å². The lowest BCUT2D eigenvalue weighted by molar-refractivity contribution is 0.0656. The largest absolute Gasteiger partial charge is 0.485 e. The molecule has 3 rings (SSSR count). The molecular formula is C15H12ClFO2. The highest BCUT2D eigenvalue weighted by Crippen LogP contribution is 2.41.